The first-order valence-electron chi connectivity index (χ1n) is 10.8. The maximum absolute atomic E-state index is 13.1. The van der Waals surface area contributed by atoms with Crippen LogP contribution in [0.5, 0.6) is 5.75 Å². The highest BCUT2D eigenvalue weighted by Gasteiger charge is 2.24. The Bertz CT molecular complexity index is 1060. The molecule has 0 spiro atoms. The van der Waals surface area contributed by atoms with Crippen LogP contribution >= 0.6 is 0 Å². The van der Waals surface area contributed by atoms with Gasteiger partial charge in [0.25, 0.3) is 0 Å². The van der Waals surface area contributed by atoms with E-state index in [1.165, 1.54) is 12.1 Å². The van der Waals surface area contributed by atoms with Gasteiger partial charge in [0.1, 0.15) is 29.1 Å². The number of aromatic carboxylic acids is 1. The first-order chi connectivity index (χ1) is 15.5. The van der Waals surface area contributed by atoms with Crippen LogP contribution in [0.2, 0.25) is 0 Å². The van der Waals surface area contributed by atoms with Gasteiger partial charge in [0.05, 0.1) is 19.3 Å². The standard InChI is InChI=1S/C25H26FNO5/c1-16-4-2-7-22(23(16)25(28)29)31-13-17-5-3-6-21(12-17)30-14-20-15-32-24(27-20)18-8-10-19(26)11-9-18/h2,4,7-11,15,17,21H,3,5-6,12-14H2,1H3,(H,28,29)/t17-,21+/m1/s1. The third-order valence-electron chi connectivity index (χ3n) is 5.77. The SMILES string of the molecule is Cc1cccc(OC[C@@H]2CCC[C@H](OCc3coc(-c4ccc(F)cc4)n3)C2)c1C(=O)O. The maximum atomic E-state index is 13.1. The van der Waals surface area contributed by atoms with Gasteiger partial charge in [-0.1, -0.05) is 18.6 Å². The molecular formula is C25H26FNO5. The molecule has 1 aliphatic carbocycles. The van der Waals surface area contributed by atoms with Gasteiger partial charge in [0, 0.05) is 5.56 Å². The van der Waals surface area contributed by atoms with Crippen molar-refractivity contribution in [2.45, 2.75) is 45.3 Å². The van der Waals surface area contributed by atoms with Crippen LogP contribution in [0.4, 0.5) is 4.39 Å². The van der Waals surface area contributed by atoms with Crippen molar-refractivity contribution in [3.05, 3.63) is 71.4 Å². The zero-order chi connectivity index (χ0) is 22.5. The lowest BCUT2D eigenvalue weighted by molar-refractivity contribution is -0.00578. The quantitative estimate of drug-likeness (QED) is 0.489. The summed E-state index contributed by atoms with van der Waals surface area (Å²) in [5.74, 6) is -0.137. The van der Waals surface area contributed by atoms with Gasteiger partial charge in [-0.15, -0.1) is 0 Å². The van der Waals surface area contributed by atoms with Crippen LogP contribution in [-0.4, -0.2) is 28.8 Å². The first kappa shape index (κ1) is 22.0. The zero-order valence-corrected chi connectivity index (χ0v) is 17.9. The summed E-state index contributed by atoms with van der Waals surface area (Å²) in [6, 6.07) is 11.3. The number of hydrogen-bond acceptors (Lipinski definition) is 5. The number of aromatic nitrogens is 1. The Kier molecular flexibility index (Phi) is 6.85. The average Bonchev–Trinajstić information content (AvgIpc) is 3.26. The molecule has 0 bridgehead atoms. The van der Waals surface area contributed by atoms with E-state index in [4.69, 9.17) is 13.9 Å². The van der Waals surface area contributed by atoms with Crippen molar-refractivity contribution in [3.63, 3.8) is 0 Å². The number of ether oxygens (including phenoxy) is 2. The minimum absolute atomic E-state index is 0.0831. The maximum Gasteiger partial charge on any atom is 0.339 e. The van der Waals surface area contributed by atoms with Gasteiger partial charge < -0.3 is 19.0 Å². The summed E-state index contributed by atoms with van der Waals surface area (Å²) in [7, 11) is 0. The van der Waals surface area contributed by atoms with Gasteiger partial charge >= 0.3 is 5.97 Å². The molecule has 1 aromatic heterocycles. The third-order valence-corrected chi connectivity index (χ3v) is 5.77. The number of carboxylic acids is 1. The van der Waals surface area contributed by atoms with E-state index < -0.39 is 5.97 Å². The second-order valence-electron chi connectivity index (χ2n) is 8.18. The third kappa shape index (κ3) is 5.34. The molecule has 1 aliphatic rings. The number of nitrogens with zero attached hydrogens (tertiary/aromatic N) is 1. The highest BCUT2D eigenvalue weighted by molar-refractivity contribution is 5.92. The predicted molar refractivity (Wildman–Crippen MR) is 116 cm³/mol. The molecule has 3 aromatic rings. The molecule has 7 heteroatoms. The Hall–Kier alpha value is -3.19. The van der Waals surface area contributed by atoms with Gasteiger partial charge in [0.15, 0.2) is 0 Å². The Morgan fingerprint density at radius 2 is 2.03 bits per heavy atom. The van der Waals surface area contributed by atoms with Crippen molar-refractivity contribution in [3.8, 4) is 17.2 Å². The topological polar surface area (TPSA) is 81.8 Å². The monoisotopic (exact) mass is 439 g/mol. The fourth-order valence-corrected chi connectivity index (χ4v) is 4.09. The highest BCUT2D eigenvalue weighted by atomic mass is 19.1. The fraction of sp³-hybridized carbons (Fsp3) is 0.360. The van der Waals surface area contributed by atoms with Crippen molar-refractivity contribution < 1.29 is 28.2 Å². The molecule has 1 heterocycles. The van der Waals surface area contributed by atoms with Crippen LogP contribution < -0.4 is 4.74 Å². The van der Waals surface area contributed by atoms with Crippen molar-refractivity contribution in [2.75, 3.05) is 6.61 Å². The average molecular weight is 439 g/mol. The summed E-state index contributed by atoms with van der Waals surface area (Å²) in [4.78, 5) is 16.0. The molecule has 32 heavy (non-hydrogen) atoms. The van der Waals surface area contributed by atoms with Crippen molar-refractivity contribution in [1.82, 2.24) is 4.98 Å². The molecule has 2 aromatic carbocycles. The van der Waals surface area contributed by atoms with E-state index >= 15 is 0 Å². The molecule has 1 N–H and O–H groups in total. The van der Waals surface area contributed by atoms with Gasteiger partial charge in [-0.05, 0) is 68.0 Å². The summed E-state index contributed by atoms with van der Waals surface area (Å²) in [5, 5.41) is 9.46. The molecule has 0 unspecified atom stereocenters. The van der Waals surface area contributed by atoms with Gasteiger partial charge in [0.2, 0.25) is 5.89 Å². The normalized spacial score (nSPS) is 18.4. The van der Waals surface area contributed by atoms with E-state index in [-0.39, 0.29) is 17.5 Å². The summed E-state index contributed by atoms with van der Waals surface area (Å²) in [5.41, 5.74) is 2.31. The second kappa shape index (κ2) is 9.96. The number of benzene rings is 2. The molecule has 168 valence electrons. The highest BCUT2D eigenvalue weighted by Crippen LogP contribution is 2.29. The van der Waals surface area contributed by atoms with E-state index in [1.54, 1.807) is 37.5 Å². The smallest absolute Gasteiger partial charge is 0.339 e. The first-order valence-corrected chi connectivity index (χ1v) is 10.8. The molecule has 4 rings (SSSR count). The number of oxazole rings is 1. The van der Waals surface area contributed by atoms with Crippen molar-refractivity contribution >= 4 is 5.97 Å². The fourth-order valence-electron chi connectivity index (χ4n) is 4.09. The molecule has 0 radical (unpaired) electrons. The lowest BCUT2D eigenvalue weighted by Crippen LogP contribution is -2.26. The zero-order valence-electron chi connectivity index (χ0n) is 17.9. The summed E-state index contributed by atoms with van der Waals surface area (Å²) in [6.07, 6.45) is 5.50. The number of carbonyl (C=O) groups is 1. The van der Waals surface area contributed by atoms with E-state index in [1.807, 2.05) is 6.07 Å². The van der Waals surface area contributed by atoms with Crippen LogP contribution in [-0.2, 0) is 11.3 Å². The number of hydrogen-bond donors (Lipinski definition) is 1. The molecular weight excluding hydrogens is 413 g/mol. The van der Waals surface area contributed by atoms with Gasteiger partial charge in [-0.25, -0.2) is 14.2 Å². The van der Waals surface area contributed by atoms with Crippen LogP contribution in [0.15, 0.2) is 53.1 Å². The Balaban J connectivity index is 1.29. The summed E-state index contributed by atoms with van der Waals surface area (Å²) >= 11 is 0. The van der Waals surface area contributed by atoms with Crippen LogP contribution in [0.1, 0.15) is 47.3 Å². The minimum atomic E-state index is -0.976. The van der Waals surface area contributed by atoms with Crippen molar-refractivity contribution in [2.24, 2.45) is 5.92 Å². The molecule has 0 aliphatic heterocycles. The molecule has 1 fully saturated rings. The second-order valence-corrected chi connectivity index (χ2v) is 8.18. The summed E-state index contributed by atoms with van der Waals surface area (Å²) < 4.78 is 30.6. The van der Waals surface area contributed by atoms with Crippen LogP contribution in [0.3, 0.4) is 0 Å². The van der Waals surface area contributed by atoms with Crippen LogP contribution in [0, 0.1) is 18.7 Å². The number of rotatable bonds is 8. The number of carboxylic acid groups (broad SMARTS) is 1. The van der Waals surface area contributed by atoms with E-state index in [0.29, 0.717) is 47.6 Å². The largest absolute Gasteiger partial charge is 0.492 e. The Labute approximate surface area is 186 Å². The Morgan fingerprint density at radius 3 is 2.81 bits per heavy atom. The lowest BCUT2D eigenvalue weighted by Gasteiger charge is -2.29. The van der Waals surface area contributed by atoms with E-state index in [2.05, 4.69) is 4.98 Å². The predicted octanol–water partition coefficient (Wildman–Crippen LogP) is 5.64. The van der Waals surface area contributed by atoms with Gasteiger partial charge in [-0.2, -0.15) is 0 Å². The minimum Gasteiger partial charge on any atom is -0.492 e. The lowest BCUT2D eigenvalue weighted by atomic mass is 9.87. The van der Waals surface area contributed by atoms with Crippen molar-refractivity contribution in [1.29, 1.82) is 0 Å². The van der Waals surface area contributed by atoms with Crippen LogP contribution in [0.25, 0.3) is 11.5 Å². The summed E-state index contributed by atoms with van der Waals surface area (Å²) in [6.45, 7) is 2.57. The molecule has 6 nitrogen and oxygen atoms in total. The van der Waals surface area contributed by atoms with E-state index in [9.17, 15) is 14.3 Å². The molecule has 2 atom stereocenters. The van der Waals surface area contributed by atoms with E-state index in [0.717, 1.165) is 25.7 Å². The van der Waals surface area contributed by atoms with Gasteiger partial charge in [-0.3, -0.25) is 0 Å². The molecule has 0 saturated heterocycles. The molecule has 1 saturated carbocycles. The molecule has 0 amide bonds. The number of halogens is 1. The number of aryl methyl sites for hydroxylation is 1. The Morgan fingerprint density at radius 1 is 1.22 bits per heavy atom.